The molecule has 1 heterocycles. The number of hydrogen-bond donors (Lipinski definition) is 3. The van der Waals surface area contributed by atoms with E-state index in [1.807, 2.05) is 0 Å². The second-order valence-corrected chi connectivity index (χ2v) is 5.38. The molecule has 0 aliphatic heterocycles. The molecule has 0 saturated carbocycles. The molecule has 0 saturated heterocycles. The molecule has 0 bridgehead atoms. The van der Waals surface area contributed by atoms with Gasteiger partial charge in [-0.3, -0.25) is 4.79 Å². The van der Waals surface area contributed by atoms with Gasteiger partial charge in [0.25, 0.3) is 5.91 Å². The summed E-state index contributed by atoms with van der Waals surface area (Å²) in [5, 5.41) is 20.8. The van der Waals surface area contributed by atoms with Crippen LogP contribution in [-0.4, -0.2) is 28.1 Å². The zero-order valence-electron chi connectivity index (χ0n) is 13.7. The van der Waals surface area contributed by atoms with Crippen molar-refractivity contribution in [3.8, 4) is 11.5 Å². The summed E-state index contributed by atoms with van der Waals surface area (Å²) < 4.78 is 10.6. The number of aromatic carboxylic acids is 2. The Labute approximate surface area is 152 Å². The number of carboxylic acid groups (broad SMARTS) is 2. The summed E-state index contributed by atoms with van der Waals surface area (Å²) in [7, 11) is 0. The molecule has 27 heavy (non-hydrogen) atoms. The van der Waals surface area contributed by atoms with E-state index in [1.165, 1.54) is 24.5 Å². The Morgan fingerprint density at radius 2 is 1.59 bits per heavy atom. The zero-order valence-corrected chi connectivity index (χ0v) is 13.7. The smallest absolute Gasteiger partial charge is 0.336 e. The van der Waals surface area contributed by atoms with Crippen LogP contribution in [0.3, 0.4) is 0 Å². The Balaban J connectivity index is 1.80. The first kappa shape index (κ1) is 17.7. The molecule has 0 spiro atoms. The highest BCUT2D eigenvalue weighted by molar-refractivity contribution is 6.02. The molecule has 3 rings (SSSR count). The average molecular weight is 367 g/mol. The third-order valence-electron chi connectivity index (χ3n) is 3.52. The summed E-state index contributed by atoms with van der Waals surface area (Å²) in [4.78, 5) is 34.3. The van der Waals surface area contributed by atoms with Crippen molar-refractivity contribution < 1.29 is 33.8 Å². The lowest BCUT2D eigenvalue weighted by atomic mass is 10.1. The predicted molar refractivity (Wildman–Crippen MR) is 93.5 cm³/mol. The summed E-state index contributed by atoms with van der Waals surface area (Å²) in [6, 6.07) is 13.2. The first-order valence-electron chi connectivity index (χ1n) is 7.67. The van der Waals surface area contributed by atoms with Gasteiger partial charge in [0.2, 0.25) is 0 Å². The van der Waals surface area contributed by atoms with Gasteiger partial charge in [-0.1, -0.05) is 6.07 Å². The van der Waals surface area contributed by atoms with Crippen molar-refractivity contribution in [1.29, 1.82) is 0 Å². The second kappa shape index (κ2) is 7.44. The highest BCUT2D eigenvalue weighted by Gasteiger charge is 2.17. The summed E-state index contributed by atoms with van der Waals surface area (Å²) in [6.07, 6.45) is 1.38. The molecule has 8 nitrogen and oxygen atoms in total. The van der Waals surface area contributed by atoms with Crippen molar-refractivity contribution in [2.75, 3.05) is 5.32 Å². The lowest BCUT2D eigenvalue weighted by molar-refractivity contribution is 0.0651. The van der Waals surface area contributed by atoms with Crippen molar-refractivity contribution in [2.45, 2.75) is 0 Å². The highest BCUT2D eigenvalue weighted by Crippen LogP contribution is 2.26. The lowest BCUT2D eigenvalue weighted by Gasteiger charge is -2.10. The number of benzene rings is 2. The van der Waals surface area contributed by atoms with E-state index in [-0.39, 0.29) is 22.6 Å². The number of rotatable bonds is 6. The summed E-state index contributed by atoms with van der Waals surface area (Å²) >= 11 is 0. The molecule has 0 radical (unpaired) electrons. The van der Waals surface area contributed by atoms with E-state index in [0.29, 0.717) is 11.4 Å². The van der Waals surface area contributed by atoms with Crippen LogP contribution in [0, 0.1) is 0 Å². The Bertz CT molecular complexity index is 1010. The van der Waals surface area contributed by atoms with Crippen LogP contribution >= 0.6 is 0 Å². The molecule has 0 fully saturated rings. The Morgan fingerprint density at radius 3 is 2.26 bits per heavy atom. The molecule has 1 amide bonds. The minimum absolute atomic E-state index is 0.145. The second-order valence-electron chi connectivity index (χ2n) is 5.38. The SMILES string of the molecule is O=C(Nc1cccc(Oc2ccc(C(=O)O)c(C(=O)O)c2)c1)c1ccco1. The third kappa shape index (κ3) is 4.13. The van der Waals surface area contributed by atoms with E-state index in [4.69, 9.17) is 19.4 Å². The fraction of sp³-hybridized carbons (Fsp3) is 0. The van der Waals surface area contributed by atoms with Crippen LogP contribution in [0.4, 0.5) is 5.69 Å². The van der Waals surface area contributed by atoms with Crippen molar-refractivity contribution in [1.82, 2.24) is 0 Å². The largest absolute Gasteiger partial charge is 0.478 e. The van der Waals surface area contributed by atoms with E-state index in [0.717, 1.165) is 12.1 Å². The summed E-state index contributed by atoms with van der Waals surface area (Å²) in [6.45, 7) is 0. The molecule has 1 aromatic heterocycles. The topological polar surface area (TPSA) is 126 Å². The lowest BCUT2D eigenvalue weighted by Crippen LogP contribution is -2.10. The van der Waals surface area contributed by atoms with Gasteiger partial charge in [-0.2, -0.15) is 0 Å². The van der Waals surface area contributed by atoms with Crippen LogP contribution in [0.25, 0.3) is 0 Å². The van der Waals surface area contributed by atoms with Crippen molar-refractivity contribution in [3.05, 3.63) is 77.7 Å². The monoisotopic (exact) mass is 367 g/mol. The number of furan rings is 1. The summed E-state index contributed by atoms with van der Waals surface area (Å²) in [5.41, 5.74) is -0.286. The molecule has 0 unspecified atom stereocenters. The first-order valence-corrected chi connectivity index (χ1v) is 7.67. The standard InChI is InChI=1S/C19H13NO7/c21-17(16-5-2-8-26-16)20-11-3-1-4-12(9-11)27-13-6-7-14(18(22)23)15(10-13)19(24)25/h1-10H,(H,20,21)(H,22,23)(H,24,25). The molecule has 2 aromatic carbocycles. The fourth-order valence-corrected chi connectivity index (χ4v) is 2.32. The maximum atomic E-state index is 12.0. The zero-order chi connectivity index (χ0) is 19.4. The van der Waals surface area contributed by atoms with Gasteiger partial charge in [0.1, 0.15) is 11.5 Å². The summed E-state index contributed by atoms with van der Waals surface area (Å²) in [5.74, 6) is -2.54. The molecule has 3 aromatic rings. The Hall–Kier alpha value is -4.07. The van der Waals surface area contributed by atoms with E-state index in [2.05, 4.69) is 5.32 Å². The van der Waals surface area contributed by atoms with Gasteiger partial charge in [0, 0.05) is 11.8 Å². The van der Waals surface area contributed by atoms with Crippen LogP contribution in [0.5, 0.6) is 11.5 Å². The van der Waals surface area contributed by atoms with E-state index >= 15 is 0 Å². The molecule has 3 N–H and O–H groups in total. The molecule has 0 aliphatic rings. The van der Waals surface area contributed by atoms with Gasteiger partial charge < -0.3 is 24.7 Å². The molecular weight excluding hydrogens is 354 g/mol. The van der Waals surface area contributed by atoms with Crippen LogP contribution in [-0.2, 0) is 0 Å². The average Bonchev–Trinajstić information content (AvgIpc) is 3.16. The van der Waals surface area contributed by atoms with E-state index < -0.39 is 17.8 Å². The quantitative estimate of drug-likeness (QED) is 0.606. The first-order chi connectivity index (χ1) is 12.9. The number of ether oxygens (including phenoxy) is 1. The van der Waals surface area contributed by atoms with Crippen LogP contribution in [0.1, 0.15) is 31.3 Å². The number of amides is 1. The Morgan fingerprint density at radius 1 is 0.852 bits per heavy atom. The maximum absolute atomic E-state index is 12.0. The van der Waals surface area contributed by atoms with Gasteiger partial charge in [-0.05, 0) is 42.5 Å². The van der Waals surface area contributed by atoms with Gasteiger partial charge in [-0.25, -0.2) is 9.59 Å². The predicted octanol–water partition coefficient (Wildman–Crippen LogP) is 3.72. The minimum atomic E-state index is -1.38. The van der Waals surface area contributed by atoms with Crippen molar-refractivity contribution in [3.63, 3.8) is 0 Å². The van der Waals surface area contributed by atoms with Crippen molar-refractivity contribution >= 4 is 23.5 Å². The van der Waals surface area contributed by atoms with Crippen LogP contribution in [0.15, 0.2) is 65.3 Å². The number of hydrogen-bond acceptors (Lipinski definition) is 5. The van der Waals surface area contributed by atoms with Gasteiger partial charge in [0.05, 0.1) is 17.4 Å². The minimum Gasteiger partial charge on any atom is -0.478 e. The molecule has 0 aliphatic carbocycles. The number of carboxylic acids is 2. The number of carbonyl (C=O) groups excluding carboxylic acids is 1. The fourth-order valence-electron chi connectivity index (χ4n) is 2.32. The third-order valence-corrected chi connectivity index (χ3v) is 3.52. The van der Waals surface area contributed by atoms with Crippen molar-refractivity contribution in [2.24, 2.45) is 0 Å². The van der Waals surface area contributed by atoms with Crippen LogP contribution in [0.2, 0.25) is 0 Å². The van der Waals surface area contributed by atoms with E-state index in [1.54, 1.807) is 24.3 Å². The maximum Gasteiger partial charge on any atom is 0.336 e. The molecule has 0 atom stereocenters. The normalized spacial score (nSPS) is 10.2. The highest BCUT2D eigenvalue weighted by atomic mass is 16.5. The molecular formula is C19H13NO7. The van der Waals surface area contributed by atoms with E-state index in [9.17, 15) is 14.4 Å². The molecule has 8 heteroatoms. The van der Waals surface area contributed by atoms with Gasteiger partial charge in [0.15, 0.2) is 5.76 Å². The van der Waals surface area contributed by atoms with Crippen LogP contribution < -0.4 is 10.1 Å². The number of carbonyl (C=O) groups is 3. The molecule has 136 valence electrons. The number of nitrogens with one attached hydrogen (secondary N) is 1. The Kier molecular flexibility index (Phi) is 4.89. The number of anilines is 1. The van der Waals surface area contributed by atoms with Gasteiger partial charge >= 0.3 is 11.9 Å². The van der Waals surface area contributed by atoms with Gasteiger partial charge in [-0.15, -0.1) is 0 Å².